The standard InChI is InChI=1S/C53H80N4O10S/c1-6-10-11-12-13-14-15-16-17-20-31-54-52(61)66-42-27-30-48-46(37-42)50-44(24-19-22-34-59)40(23-18-21-33-58)36-45-47(56-65-9-4)38-49(53(67-48,51(45)50)64-35-8-3)57(32-7-2)68(62,63)43-28-25-41(26-29-43)55-39(5)60/h8,25-30,36-37,40,44,49-51,58-59H,3,6-7,9-24,31-35,38H2,1-2,4-5H3,(H,54,61)(H,55,60)/t40-,44+,49-,50+,51+,53+/m0/s1. The van der Waals surface area contributed by atoms with Gasteiger partial charge in [0.25, 0.3) is 0 Å². The van der Waals surface area contributed by atoms with Gasteiger partial charge in [-0.15, -0.1) is 6.58 Å². The average Bonchev–Trinajstić information content (AvgIpc) is 3.32. The van der Waals surface area contributed by atoms with E-state index in [1.807, 2.05) is 19.9 Å². The normalized spacial score (nSPS) is 22.4. The van der Waals surface area contributed by atoms with Crippen LogP contribution >= 0.6 is 0 Å². The monoisotopic (exact) mass is 965 g/mol. The van der Waals surface area contributed by atoms with Crippen LogP contribution in [0.4, 0.5) is 10.5 Å². The second kappa shape index (κ2) is 27.8. The number of carbonyl (C=O) groups excluding carboxylic acids is 2. The van der Waals surface area contributed by atoms with Gasteiger partial charge in [0.2, 0.25) is 21.7 Å². The molecule has 0 bridgehead atoms. The topological polar surface area (TPSA) is 185 Å². The summed E-state index contributed by atoms with van der Waals surface area (Å²) in [6, 6.07) is 10.5. The smallest absolute Gasteiger partial charge is 0.412 e. The van der Waals surface area contributed by atoms with Gasteiger partial charge < -0.3 is 39.9 Å². The third-order valence-electron chi connectivity index (χ3n) is 13.5. The van der Waals surface area contributed by atoms with E-state index in [0.29, 0.717) is 48.7 Å². The van der Waals surface area contributed by atoms with E-state index in [1.165, 1.54) is 68.3 Å². The summed E-state index contributed by atoms with van der Waals surface area (Å²) >= 11 is 0. The predicted molar refractivity (Wildman–Crippen MR) is 267 cm³/mol. The molecule has 378 valence electrons. The second-order valence-corrected chi connectivity index (χ2v) is 20.4. The van der Waals surface area contributed by atoms with Gasteiger partial charge in [0, 0.05) is 56.8 Å². The van der Waals surface area contributed by atoms with E-state index < -0.39 is 33.9 Å². The molecule has 5 rings (SSSR count). The summed E-state index contributed by atoms with van der Waals surface area (Å²) in [6.07, 6.45) is 20.1. The number of allylic oxidation sites excluding steroid dienone is 1. The van der Waals surface area contributed by atoms with Crippen LogP contribution in [0.15, 0.2) is 76.8 Å². The van der Waals surface area contributed by atoms with Crippen LogP contribution in [0.3, 0.4) is 0 Å². The van der Waals surface area contributed by atoms with Crippen molar-refractivity contribution in [2.45, 2.75) is 166 Å². The number of nitrogens with zero attached hydrogens (tertiary/aromatic N) is 2. The fourth-order valence-corrected chi connectivity index (χ4v) is 12.2. The van der Waals surface area contributed by atoms with Gasteiger partial charge in [-0.2, -0.15) is 4.31 Å². The molecule has 1 aliphatic heterocycles. The van der Waals surface area contributed by atoms with Crippen molar-refractivity contribution in [2.75, 3.05) is 44.8 Å². The number of hydrogen-bond donors (Lipinski definition) is 4. The Kier molecular flexibility index (Phi) is 22.3. The Bertz CT molecular complexity index is 2080. The number of nitrogens with one attached hydrogen (secondary N) is 2. The van der Waals surface area contributed by atoms with E-state index in [1.54, 1.807) is 30.3 Å². The molecule has 2 aromatic rings. The summed E-state index contributed by atoms with van der Waals surface area (Å²) in [5.74, 6) is -2.10. The molecule has 2 amide bonds. The summed E-state index contributed by atoms with van der Waals surface area (Å²) in [5, 5.41) is 30.3. The molecule has 14 nitrogen and oxygen atoms in total. The maximum atomic E-state index is 15.2. The Morgan fingerprint density at radius 2 is 1.57 bits per heavy atom. The lowest BCUT2D eigenvalue weighted by molar-refractivity contribution is -0.251. The van der Waals surface area contributed by atoms with Crippen molar-refractivity contribution in [1.29, 1.82) is 0 Å². The molecule has 1 fully saturated rings. The van der Waals surface area contributed by atoms with Crippen LogP contribution in [-0.2, 0) is 24.4 Å². The second-order valence-electron chi connectivity index (χ2n) is 18.5. The van der Waals surface area contributed by atoms with Crippen molar-refractivity contribution in [3.8, 4) is 11.5 Å². The first kappa shape index (κ1) is 54.7. The van der Waals surface area contributed by atoms with Crippen molar-refractivity contribution in [2.24, 2.45) is 22.9 Å². The van der Waals surface area contributed by atoms with E-state index in [4.69, 9.17) is 24.2 Å². The minimum atomic E-state index is -4.26. The highest BCUT2D eigenvalue weighted by molar-refractivity contribution is 7.89. The zero-order valence-corrected chi connectivity index (χ0v) is 42.0. The molecule has 6 atom stereocenters. The lowest BCUT2D eigenvalue weighted by Gasteiger charge is -2.59. The van der Waals surface area contributed by atoms with Crippen molar-refractivity contribution < 1.29 is 47.3 Å². The number of amides is 2. The van der Waals surface area contributed by atoms with Crippen molar-refractivity contribution in [3.63, 3.8) is 0 Å². The van der Waals surface area contributed by atoms with Crippen LogP contribution in [-0.4, -0.2) is 92.0 Å². The minimum absolute atomic E-state index is 0.00513. The molecule has 4 N–H and O–H groups in total. The largest absolute Gasteiger partial charge is 0.460 e. The van der Waals surface area contributed by atoms with Gasteiger partial charge in [-0.05, 0) is 105 Å². The number of aliphatic hydroxyl groups excluding tert-OH is 2. The van der Waals surface area contributed by atoms with Gasteiger partial charge in [-0.1, -0.05) is 102 Å². The SMILES string of the molecule is C=CCO[C@@]12Oc3ccc(OC(=O)NCCCCCCCCCCCC)cc3[C@H]3[C@H](CCCCO)[C@@H](CCCCO)C=C(C(=NOCC)C[C@@H]1N(CCC)S(=O)(=O)c1ccc(NC(C)=O)cc1)[C@H]32. The Balaban J connectivity index is 1.58. The number of benzene rings is 2. The van der Waals surface area contributed by atoms with Crippen LogP contribution in [0.25, 0.3) is 0 Å². The Morgan fingerprint density at radius 3 is 2.21 bits per heavy atom. The number of carbonyl (C=O) groups is 2. The molecule has 0 aromatic heterocycles. The number of rotatable bonds is 31. The molecule has 15 heteroatoms. The third kappa shape index (κ3) is 14.2. The fourth-order valence-electron chi connectivity index (χ4n) is 10.5. The number of fused-ring (bicyclic) bond motifs is 2. The van der Waals surface area contributed by atoms with Gasteiger partial charge in [-0.3, -0.25) is 4.79 Å². The van der Waals surface area contributed by atoms with Crippen LogP contribution in [0.1, 0.15) is 155 Å². The lowest BCUT2D eigenvalue weighted by atomic mass is 9.55. The molecule has 1 saturated carbocycles. The third-order valence-corrected chi connectivity index (χ3v) is 15.5. The number of hydrogen-bond acceptors (Lipinski definition) is 11. The van der Waals surface area contributed by atoms with Crippen molar-refractivity contribution >= 4 is 33.4 Å². The summed E-state index contributed by atoms with van der Waals surface area (Å²) in [5.41, 5.74) is 2.70. The summed E-state index contributed by atoms with van der Waals surface area (Å²) in [6.45, 7) is 12.5. The molecular weight excluding hydrogens is 885 g/mol. The van der Waals surface area contributed by atoms with Crippen molar-refractivity contribution in [3.05, 3.63) is 72.3 Å². The molecule has 1 heterocycles. The molecule has 2 aliphatic carbocycles. The minimum Gasteiger partial charge on any atom is -0.460 e. The maximum Gasteiger partial charge on any atom is 0.412 e. The number of anilines is 1. The Labute approximate surface area is 406 Å². The first-order chi connectivity index (χ1) is 33.0. The van der Waals surface area contributed by atoms with E-state index in [0.717, 1.165) is 56.1 Å². The highest BCUT2D eigenvalue weighted by Gasteiger charge is 2.66. The molecule has 2 aromatic carbocycles. The average molecular weight is 965 g/mol. The van der Waals surface area contributed by atoms with Gasteiger partial charge in [-0.25, -0.2) is 13.2 Å². The molecule has 3 aliphatic rings. The number of aliphatic hydroxyl groups is 2. The molecule has 0 spiro atoms. The van der Waals surface area contributed by atoms with Gasteiger partial charge in [0.05, 0.1) is 29.2 Å². The molecular formula is C53H80N4O10S. The first-order valence-electron chi connectivity index (χ1n) is 25.5. The number of sulfonamides is 1. The number of unbranched alkanes of at least 4 members (excludes halogenated alkanes) is 11. The van der Waals surface area contributed by atoms with Gasteiger partial charge in [0.15, 0.2) is 0 Å². The number of ether oxygens (including phenoxy) is 3. The molecule has 0 unspecified atom stereocenters. The van der Waals surface area contributed by atoms with Crippen LogP contribution in [0.5, 0.6) is 11.5 Å². The fraction of sp³-hybridized carbons (Fsp3) is 0.642. The summed E-state index contributed by atoms with van der Waals surface area (Å²) in [4.78, 5) is 31.0. The quantitative estimate of drug-likeness (QED) is 0.0322. The number of oxime groups is 1. The maximum absolute atomic E-state index is 15.2. The molecule has 68 heavy (non-hydrogen) atoms. The first-order valence-corrected chi connectivity index (χ1v) is 27.0. The summed E-state index contributed by atoms with van der Waals surface area (Å²) < 4.78 is 52.1. The van der Waals surface area contributed by atoms with E-state index in [2.05, 4.69) is 30.2 Å². The Hall–Kier alpha value is -4.28. The highest BCUT2D eigenvalue weighted by atomic mass is 32.2. The van der Waals surface area contributed by atoms with Gasteiger partial charge >= 0.3 is 6.09 Å². The zero-order chi connectivity index (χ0) is 48.9. The van der Waals surface area contributed by atoms with Crippen LogP contribution < -0.4 is 20.1 Å². The van der Waals surface area contributed by atoms with Crippen LogP contribution in [0, 0.1) is 17.8 Å². The van der Waals surface area contributed by atoms with Crippen LogP contribution in [0.2, 0.25) is 0 Å². The van der Waals surface area contributed by atoms with E-state index in [-0.39, 0.29) is 67.9 Å². The highest BCUT2D eigenvalue weighted by Crippen LogP contribution is 2.62. The van der Waals surface area contributed by atoms with Gasteiger partial charge in [0.1, 0.15) is 18.1 Å². The predicted octanol–water partition coefficient (Wildman–Crippen LogP) is 10.4. The molecule has 0 saturated heterocycles. The van der Waals surface area contributed by atoms with Crippen molar-refractivity contribution in [1.82, 2.24) is 9.62 Å². The zero-order valence-electron chi connectivity index (χ0n) is 41.2. The molecule has 0 radical (unpaired) electrons. The van der Waals surface area contributed by atoms with E-state index >= 15 is 8.42 Å². The van der Waals surface area contributed by atoms with E-state index in [9.17, 15) is 19.8 Å². The summed E-state index contributed by atoms with van der Waals surface area (Å²) in [7, 11) is -4.26. The lowest BCUT2D eigenvalue weighted by Crippen LogP contribution is -2.70. The Morgan fingerprint density at radius 1 is 0.897 bits per heavy atom.